The fourth-order valence-corrected chi connectivity index (χ4v) is 5.59. The number of aliphatic hydroxyl groups is 1. The average molecular weight is 525 g/mol. The molecule has 0 aliphatic carbocycles. The lowest BCUT2D eigenvalue weighted by atomic mass is 9.84. The number of cyclic esters (lactones) is 1. The number of likely N-dealkylation sites (tertiary alicyclic amines) is 1. The number of hydrogen-bond acceptors (Lipinski definition) is 4. The molecule has 0 radical (unpaired) electrons. The van der Waals surface area contributed by atoms with Crippen LogP contribution in [0.5, 0.6) is 0 Å². The molecule has 2 saturated heterocycles. The smallest absolute Gasteiger partial charge is 0.411 e. The molecular weight excluding hydrogens is 495 g/mol. The zero-order valence-electron chi connectivity index (χ0n) is 20.1. The summed E-state index contributed by atoms with van der Waals surface area (Å²) in [5.74, 6) is 0. The van der Waals surface area contributed by atoms with Crippen LogP contribution in [0.4, 0.5) is 4.79 Å². The molecule has 7 heteroatoms. The molecular formula is C29H30Cl2N2O3. The van der Waals surface area contributed by atoms with Crippen LogP contribution < -0.4 is 0 Å². The van der Waals surface area contributed by atoms with Gasteiger partial charge in [-0.1, -0.05) is 89.9 Å². The van der Waals surface area contributed by atoms with Crippen molar-refractivity contribution < 1.29 is 14.6 Å². The highest BCUT2D eigenvalue weighted by Crippen LogP contribution is 2.40. The van der Waals surface area contributed by atoms with E-state index in [-0.39, 0.29) is 6.09 Å². The van der Waals surface area contributed by atoms with Gasteiger partial charge in [-0.2, -0.15) is 0 Å². The Balaban J connectivity index is 1.31. The van der Waals surface area contributed by atoms with Gasteiger partial charge in [0, 0.05) is 32.6 Å². The zero-order chi connectivity index (χ0) is 25.2. The SMILES string of the molecule is O=C1OC(CCN2CCC(O)(c3ccccc3)CC2)(c2ccc(Cl)c(Cl)c2)CN1Cc1ccccc1. The summed E-state index contributed by atoms with van der Waals surface area (Å²) in [7, 11) is 0. The van der Waals surface area contributed by atoms with Crippen molar-refractivity contribution in [2.24, 2.45) is 0 Å². The van der Waals surface area contributed by atoms with E-state index >= 15 is 0 Å². The van der Waals surface area contributed by atoms with Crippen molar-refractivity contribution in [1.82, 2.24) is 9.80 Å². The normalized spacial score (nSPS) is 22.0. The molecule has 188 valence electrons. The van der Waals surface area contributed by atoms with Crippen molar-refractivity contribution >= 4 is 29.3 Å². The van der Waals surface area contributed by atoms with Gasteiger partial charge in [-0.15, -0.1) is 0 Å². The van der Waals surface area contributed by atoms with Gasteiger partial charge in [-0.25, -0.2) is 4.79 Å². The summed E-state index contributed by atoms with van der Waals surface area (Å²) in [6, 6.07) is 25.3. The standard InChI is InChI=1S/C29H30Cl2N2O3/c30-25-12-11-24(19-26(25)31)29(21-33(27(34)36-29)20-22-7-3-1-4-8-22)15-18-32-16-13-28(35,14-17-32)23-9-5-2-6-10-23/h1-12,19,35H,13-18,20-21H2. The first-order chi connectivity index (χ1) is 17.4. The van der Waals surface area contributed by atoms with E-state index in [4.69, 9.17) is 27.9 Å². The predicted octanol–water partition coefficient (Wildman–Crippen LogP) is 6.21. The number of ether oxygens (including phenoxy) is 1. The second kappa shape index (κ2) is 10.4. The summed E-state index contributed by atoms with van der Waals surface area (Å²) < 4.78 is 6.13. The van der Waals surface area contributed by atoms with Gasteiger partial charge in [-0.3, -0.25) is 4.90 Å². The summed E-state index contributed by atoms with van der Waals surface area (Å²) in [5, 5.41) is 12.1. The van der Waals surface area contributed by atoms with E-state index in [0.29, 0.717) is 42.4 Å². The van der Waals surface area contributed by atoms with Crippen molar-refractivity contribution in [2.45, 2.75) is 37.0 Å². The second-order valence-corrected chi connectivity index (χ2v) is 10.6. The van der Waals surface area contributed by atoms with E-state index in [9.17, 15) is 9.90 Å². The van der Waals surface area contributed by atoms with E-state index in [1.165, 1.54) is 0 Å². The van der Waals surface area contributed by atoms with E-state index in [1.807, 2.05) is 72.8 Å². The van der Waals surface area contributed by atoms with Gasteiger partial charge in [0.25, 0.3) is 0 Å². The lowest BCUT2D eigenvalue weighted by Gasteiger charge is -2.39. The number of hydrogen-bond donors (Lipinski definition) is 1. The predicted molar refractivity (Wildman–Crippen MR) is 142 cm³/mol. The maximum Gasteiger partial charge on any atom is 0.411 e. The number of halogens is 2. The number of nitrogens with zero attached hydrogens (tertiary/aromatic N) is 2. The first kappa shape index (κ1) is 25.1. The number of rotatable bonds is 7. The molecule has 2 aliphatic rings. The highest BCUT2D eigenvalue weighted by Gasteiger charge is 2.47. The Labute approximate surface area is 222 Å². The highest BCUT2D eigenvalue weighted by atomic mass is 35.5. The van der Waals surface area contributed by atoms with Gasteiger partial charge < -0.3 is 14.7 Å². The third kappa shape index (κ3) is 5.25. The third-order valence-corrected chi connectivity index (χ3v) is 8.21. The van der Waals surface area contributed by atoms with Crippen LogP contribution in [0.2, 0.25) is 10.0 Å². The van der Waals surface area contributed by atoms with Crippen molar-refractivity contribution in [2.75, 3.05) is 26.2 Å². The van der Waals surface area contributed by atoms with Crippen molar-refractivity contribution in [1.29, 1.82) is 0 Å². The topological polar surface area (TPSA) is 53.0 Å². The van der Waals surface area contributed by atoms with Gasteiger partial charge in [0.15, 0.2) is 5.60 Å². The molecule has 5 nitrogen and oxygen atoms in total. The van der Waals surface area contributed by atoms with Crippen molar-refractivity contribution in [3.05, 3.63) is 106 Å². The average Bonchev–Trinajstić information content (AvgIpc) is 3.22. The van der Waals surface area contributed by atoms with Crippen LogP contribution in [-0.4, -0.2) is 47.2 Å². The molecule has 3 aromatic carbocycles. The van der Waals surface area contributed by atoms with Crippen LogP contribution in [0.25, 0.3) is 0 Å². The van der Waals surface area contributed by atoms with Crippen LogP contribution in [-0.2, 0) is 22.5 Å². The molecule has 5 rings (SSSR count). The molecule has 1 amide bonds. The van der Waals surface area contributed by atoms with Crippen LogP contribution in [0.15, 0.2) is 78.9 Å². The molecule has 0 bridgehead atoms. The fourth-order valence-electron chi connectivity index (χ4n) is 5.29. The van der Waals surface area contributed by atoms with E-state index in [1.54, 1.807) is 11.0 Å². The maximum atomic E-state index is 13.0. The summed E-state index contributed by atoms with van der Waals surface area (Å²) in [6.07, 6.45) is 1.61. The van der Waals surface area contributed by atoms with Crippen LogP contribution in [0, 0.1) is 0 Å². The molecule has 2 heterocycles. The minimum atomic E-state index is -0.826. The van der Waals surface area contributed by atoms with Gasteiger partial charge in [0.2, 0.25) is 0 Å². The van der Waals surface area contributed by atoms with E-state index in [2.05, 4.69) is 4.90 Å². The molecule has 2 aliphatic heterocycles. The number of benzene rings is 3. The largest absolute Gasteiger partial charge is 0.436 e. The molecule has 0 aromatic heterocycles. The van der Waals surface area contributed by atoms with Crippen LogP contribution in [0.3, 0.4) is 0 Å². The molecule has 0 spiro atoms. The monoisotopic (exact) mass is 524 g/mol. The third-order valence-electron chi connectivity index (χ3n) is 7.48. The van der Waals surface area contributed by atoms with Gasteiger partial charge in [0.1, 0.15) is 0 Å². The van der Waals surface area contributed by atoms with Crippen LogP contribution >= 0.6 is 23.2 Å². The molecule has 1 unspecified atom stereocenters. The first-order valence-corrected chi connectivity index (χ1v) is 13.1. The van der Waals surface area contributed by atoms with Crippen molar-refractivity contribution in [3.8, 4) is 0 Å². The Kier molecular flexibility index (Phi) is 7.27. The van der Waals surface area contributed by atoms with Gasteiger partial charge >= 0.3 is 6.09 Å². The summed E-state index contributed by atoms with van der Waals surface area (Å²) >= 11 is 12.6. The van der Waals surface area contributed by atoms with Crippen molar-refractivity contribution in [3.63, 3.8) is 0 Å². The number of amides is 1. The minimum Gasteiger partial charge on any atom is -0.436 e. The first-order valence-electron chi connectivity index (χ1n) is 12.3. The van der Waals surface area contributed by atoms with Gasteiger partial charge in [-0.05, 0) is 41.7 Å². The van der Waals surface area contributed by atoms with Crippen LogP contribution in [0.1, 0.15) is 36.0 Å². The molecule has 1 N–H and O–H groups in total. The number of carbonyl (C=O) groups excluding carboxylic acids is 1. The minimum absolute atomic E-state index is 0.331. The summed E-state index contributed by atoms with van der Waals surface area (Å²) in [4.78, 5) is 17.1. The van der Waals surface area contributed by atoms with Gasteiger partial charge in [0.05, 0.1) is 22.2 Å². The molecule has 2 fully saturated rings. The van der Waals surface area contributed by atoms with E-state index in [0.717, 1.165) is 36.3 Å². The lowest BCUT2D eigenvalue weighted by molar-refractivity contribution is -0.0323. The number of piperidine rings is 1. The Bertz CT molecular complexity index is 1200. The zero-order valence-corrected chi connectivity index (χ0v) is 21.6. The molecule has 0 saturated carbocycles. The molecule has 1 atom stereocenters. The maximum absolute atomic E-state index is 13.0. The quantitative estimate of drug-likeness (QED) is 0.398. The molecule has 3 aromatic rings. The Hall–Kier alpha value is -2.57. The second-order valence-electron chi connectivity index (χ2n) is 9.82. The Morgan fingerprint density at radius 2 is 1.53 bits per heavy atom. The lowest BCUT2D eigenvalue weighted by Crippen LogP contribution is -2.44. The number of carbonyl (C=O) groups is 1. The van der Waals surface area contributed by atoms with E-state index < -0.39 is 11.2 Å². The summed E-state index contributed by atoms with van der Waals surface area (Å²) in [5.41, 5.74) is 1.24. The Morgan fingerprint density at radius 1 is 0.861 bits per heavy atom. The highest BCUT2D eigenvalue weighted by molar-refractivity contribution is 6.42. The fraction of sp³-hybridized carbons (Fsp3) is 0.345. The Morgan fingerprint density at radius 3 is 2.19 bits per heavy atom. The molecule has 36 heavy (non-hydrogen) atoms. The summed E-state index contributed by atoms with van der Waals surface area (Å²) in [6.45, 7) is 3.18.